The Kier molecular flexibility index (Phi) is 5.15. The highest BCUT2D eigenvalue weighted by Gasteiger charge is 2.16. The summed E-state index contributed by atoms with van der Waals surface area (Å²) in [6.45, 7) is 6.74. The van der Waals surface area contributed by atoms with Gasteiger partial charge in [0.25, 0.3) is 0 Å². The molecule has 0 spiro atoms. The average molecular weight is 297 g/mol. The SMILES string of the molecule is CS(=O)(=O)c1ccc(CN2CCN(CCN)CC2)cc1. The third kappa shape index (κ3) is 4.28. The smallest absolute Gasteiger partial charge is 0.175 e. The number of nitrogens with two attached hydrogens (primary N) is 1. The van der Waals surface area contributed by atoms with E-state index in [1.165, 1.54) is 6.26 Å². The van der Waals surface area contributed by atoms with Gasteiger partial charge in [0.05, 0.1) is 4.90 Å². The molecule has 1 fully saturated rings. The van der Waals surface area contributed by atoms with Gasteiger partial charge >= 0.3 is 0 Å². The molecule has 1 aliphatic rings. The van der Waals surface area contributed by atoms with E-state index in [0.29, 0.717) is 11.4 Å². The monoisotopic (exact) mass is 297 g/mol. The van der Waals surface area contributed by atoms with Crippen LogP contribution in [0.1, 0.15) is 5.56 Å². The van der Waals surface area contributed by atoms with Gasteiger partial charge in [-0.1, -0.05) is 12.1 Å². The number of hydrogen-bond acceptors (Lipinski definition) is 5. The van der Waals surface area contributed by atoms with Crippen molar-refractivity contribution in [3.8, 4) is 0 Å². The van der Waals surface area contributed by atoms with Gasteiger partial charge < -0.3 is 5.73 Å². The topological polar surface area (TPSA) is 66.6 Å². The van der Waals surface area contributed by atoms with Crippen molar-refractivity contribution in [1.29, 1.82) is 0 Å². The molecule has 2 rings (SSSR count). The average Bonchev–Trinajstić information content (AvgIpc) is 2.41. The first kappa shape index (κ1) is 15.4. The highest BCUT2D eigenvalue weighted by atomic mass is 32.2. The fourth-order valence-electron chi connectivity index (χ4n) is 2.45. The van der Waals surface area contributed by atoms with E-state index < -0.39 is 9.84 Å². The van der Waals surface area contributed by atoms with Gasteiger partial charge in [0, 0.05) is 52.1 Å². The van der Waals surface area contributed by atoms with E-state index in [9.17, 15) is 8.42 Å². The van der Waals surface area contributed by atoms with Crippen LogP contribution in [0.25, 0.3) is 0 Å². The van der Waals surface area contributed by atoms with Crippen LogP contribution in [0, 0.1) is 0 Å². The Morgan fingerprint density at radius 3 is 2.10 bits per heavy atom. The van der Waals surface area contributed by atoms with Gasteiger partial charge in [-0.25, -0.2) is 8.42 Å². The third-order valence-corrected chi connectivity index (χ3v) is 4.80. The van der Waals surface area contributed by atoms with E-state index in [-0.39, 0.29) is 0 Å². The van der Waals surface area contributed by atoms with Gasteiger partial charge in [-0.3, -0.25) is 9.80 Å². The summed E-state index contributed by atoms with van der Waals surface area (Å²) >= 11 is 0. The molecular weight excluding hydrogens is 274 g/mol. The van der Waals surface area contributed by atoms with Gasteiger partial charge in [0.2, 0.25) is 0 Å². The minimum absolute atomic E-state index is 0.383. The van der Waals surface area contributed by atoms with E-state index >= 15 is 0 Å². The molecule has 0 bridgehead atoms. The lowest BCUT2D eigenvalue weighted by molar-refractivity contribution is 0.130. The van der Waals surface area contributed by atoms with E-state index in [0.717, 1.165) is 44.8 Å². The number of rotatable bonds is 5. The fraction of sp³-hybridized carbons (Fsp3) is 0.571. The molecule has 5 nitrogen and oxygen atoms in total. The van der Waals surface area contributed by atoms with E-state index in [2.05, 4.69) is 9.80 Å². The zero-order valence-electron chi connectivity index (χ0n) is 12.0. The number of piperazine rings is 1. The molecule has 0 unspecified atom stereocenters. The van der Waals surface area contributed by atoms with Crippen LogP contribution in [0.15, 0.2) is 29.2 Å². The molecule has 1 aromatic carbocycles. The van der Waals surface area contributed by atoms with Gasteiger partial charge in [-0.2, -0.15) is 0 Å². The van der Waals surface area contributed by atoms with Crippen molar-refractivity contribution in [2.24, 2.45) is 5.73 Å². The van der Waals surface area contributed by atoms with Crippen LogP contribution in [0.2, 0.25) is 0 Å². The number of hydrogen-bond donors (Lipinski definition) is 1. The molecule has 2 N–H and O–H groups in total. The molecule has 1 aromatic rings. The lowest BCUT2D eigenvalue weighted by atomic mass is 10.2. The largest absolute Gasteiger partial charge is 0.329 e. The Labute approximate surface area is 121 Å². The van der Waals surface area contributed by atoms with Crippen LogP contribution in [0.5, 0.6) is 0 Å². The molecule has 1 saturated heterocycles. The molecule has 6 heteroatoms. The normalized spacial score (nSPS) is 18.3. The summed E-state index contributed by atoms with van der Waals surface area (Å²) in [4.78, 5) is 5.15. The quantitative estimate of drug-likeness (QED) is 0.839. The number of nitrogens with zero attached hydrogens (tertiary/aromatic N) is 2. The summed E-state index contributed by atoms with van der Waals surface area (Å²) in [5.41, 5.74) is 6.72. The maximum Gasteiger partial charge on any atom is 0.175 e. The predicted octanol–water partition coefficient (Wildman–Crippen LogP) is 0.166. The van der Waals surface area contributed by atoms with Gasteiger partial charge in [-0.15, -0.1) is 0 Å². The first-order valence-electron chi connectivity index (χ1n) is 6.93. The molecule has 0 aliphatic carbocycles. The molecule has 1 heterocycles. The standard InChI is InChI=1S/C14H23N3O2S/c1-20(18,19)14-4-2-13(3-5-14)12-17-10-8-16(7-6-15)9-11-17/h2-5H,6-12,15H2,1H3. The van der Waals surface area contributed by atoms with Crippen molar-refractivity contribution < 1.29 is 8.42 Å². The molecule has 20 heavy (non-hydrogen) atoms. The Balaban J connectivity index is 1.89. The summed E-state index contributed by atoms with van der Waals surface area (Å²) in [5.74, 6) is 0. The van der Waals surface area contributed by atoms with Crippen LogP contribution in [0.4, 0.5) is 0 Å². The van der Waals surface area contributed by atoms with Crippen molar-refractivity contribution in [1.82, 2.24) is 9.80 Å². The van der Waals surface area contributed by atoms with Crippen LogP contribution in [-0.2, 0) is 16.4 Å². The van der Waals surface area contributed by atoms with Crippen LogP contribution < -0.4 is 5.73 Å². The van der Waals surface area contributed by atoms with Crippen molar-refractivity contribution in [2.75, 3.05) is 45.5 Å². The zero-order valence-corrected chi connectivity index (χ0v) is 12.8. The summed E-state index contributed by atoms with van der Waals surface area (Å²) in [7, 11) is -3.10. The molecule has 1 aliphatic heterocycles. The molecule has 0 amide bonds. The fourth-order valence-corrected chi connectivity index (χ4v) is 3.08. The highest BCUT2D eigenvalue weighted by molar-refractivity contribution is 7.90. The molecule has 112 valence electrons. The minimum atomic E-state index is -3.10. The summed E-state index contributed by atoms with van der Waals surface area (Å²) in [5, 5.41) is 0. The minimum Gasteiger partial charge on any atom is -0.329 e. The second-order valence-electron chi connectivity index (χ2n) is 5.32. The van der Waals surface area contributed by atoms with Crippen molar-refractivity contribution >= 4 is 9.84 Å². The molecule has 0 aromatic heterocycles. The molecule has 0 saturated carbocycles. The maximum absolute atomic E-state index is 11.4. The van der Waals surface area contributed by atoms with Gasteiger partial charge in [0.1, 0.15) is 0 Å². The van der Waals surface area contributed by atoms with Crippen LogP contribution in [0.3, 0.4) is 0 Å². The number of benzene rings is 1. The summed E-state index contributed by atoms with van der Waals surface area (Å²) < 4.78 is 22.8. The number of sulfone groups is 1. The van der Waals surface area contributed by atoms with E-state index in [1.54, 1.807) is 12.1 Å². The first-order valence-corrected chi connectivity index (χ1v) is 8.82. The van der Waals surface area contributed by atoms with Gasteiger partial charge in [0.15, 0.2) is 9.84 Å². The highest BCUT2D eigenvalue weighted by Crippen LogP contribution is 2.13. The van der Waals surface area contributed by atoms with E-state index in [1.807, 2.05) is 12.1 Å². The lowest BCUT2D eigenvalue weighted by Gasteiger charge is -2.34. The second-order valence-corrected chi connectivity index (χ2v) is 7.34. The van der Waals surface area contributed by atoms with Crippen LogP contribution in [-0.4, -0.2) is 63.7 Å². The van der Waals surface area contributed by atoms with Crippen molar-refractivity contribution in [3.05, 3.63) is 29.8 Å². The molecular formula is C14H23N3O2S. The van der Waals surface area contributed by atoms with Crippen molar-refractivity contribution in [3.63, 3.8) is 0 Å². The Morgan fingerprint density at radius 1 is 1.05 bits per heavy atom. The Bertz CT molecular complexity index is 520. The zero-order chi connectivity index (χ0) is 14.6. The maximum atomic E-state index is 11.4. The van der Waals surface area contributed by atoms with Crippen LogP contribution >= 0.6 is 0 Å². The lowest BCUT2D eigenvalue weighted by Crippen LogP contribution is -2.47. The van der Waals surface area contributed by atoms with Crippen molar-refractivity contribution in [2.45, 2.75) is 11.4 Å². The van der Waals surface area contributed by atoms with Gasteiger partial charge in [-0.05, 0) is 17.7 Å². The third-order valence-electron chi connectivity index (χ3n) is 3.67. The molecule has 0 atom stereocenters. The predicted molar refractivity (Wildman–Crippen MR) is 80.3 cm³/mol. The Hall–Kier alpha value is -0.950. The molecule has 0 radical (unpaired) electrons. The first-order chi connectivity index (χ1) is 9.49. The van der Waals surface area contributed by atoms with E-state index in [4.69, 9.17) is 5.73 Å². The summed E-state index contributed by atoms with van der Waals surface area (Å²) in [6.07, 6.45) is 1.23. The second kappa shape index (κ2) is 6.67. The Morgan fingerprint density at radius 2 is 1.60 bits per heavy atom. The summed E-state index contributed by atoms with van der Waals surface area (Å²) in [6, 6.07) is 7.19.